The summed E-state index contributed by atoms with van der Waals surface area (Å²) >= 11 is 0. The SMILES string of the molecule is Cc1ccc(C(=O)N(Cc2ccc(F)c(F)c2)c2cccc(C(F)(F)F)c2)c(=O)[nH]1. The van der Waals surface area contributed by atoms with E-state index in [-0.39, 0.29) is 23.4 Å². The van der Waals surface area contributed by atoms with Crippen LogP contribution in [0.15, 0.2) is 59.4 Å². The first-order valence-corrected chi connectivity index (χ1v) is 8.69. The summed E-state index contributed by atoms with van der Waals surface area (Å²) in [6.45, 7) is 1.21. The molecule has 0 radical (unpaired) electrons. The molecular formula is C21H15F5N2O2. The Morgan fingerprint density at radius 2 is 1.73 bits per heavy atom. The fraction of sp³-hybridized carbons (Fsp3) is 0.143. The number of hydrogen-bond acceptors (Lipinski definition) is 2. The summed E-state index contributed by atoms with van der Waals surface area (Å²) in [6, 6.07) is 9.56. The number of alkyl halides is 3. The summed E-state index contributed by atoms with van der Waals surface area (Å²) in [5.41, 5.74) is -1.56. The first kappa shape index (κ1) is 21.2. The normalized spacial score (nSPS) is 11.4. The molecule has 30 heavy (non-hydrogen) atoms. The number of benzene rings is 2. The zero-order valence-electron chi connectivity index (χ0n) is 15.6. The highest BCUT2D eigenvalue weighted by atomic mass is 19.4. The number of nitrogens with one attached hydrogen (secondary N) is 1. The molecule has 0 aliphatic heterocycles. The number of nitrogens with zero attached hydrogens (tertiary/aromatic N) is 1. The third kappa shape index (κ3) is 4.56. The van der Waals surface area contributed by atoms with Crippen LogP contribution in [0.5, 0.6) is 0 Å². The maximum Gasteiger partial charge on any atom is 0.416 e. The van der Waals surface area contributed by atoms with Crippen molar-refractivity contribution in [2.75, 3.05) is 4.90 Å². The van der Waals surface area contributed by atoms with Gasteiger partial charge < -0.3 is 9.88 Å². The van der Waals surface area contributed by atoms with Crippen LogP contribution in [0.25, 0.3) is 0 Å². The number of carbonyl (C=O) groups is 1. The summed E-state index contributed by atoms with van der Waals surface area (Å²) in [5, 5.41) is 0. The van der Waals surface area contributed by atoms with Crippen molar-refractivity contribution in [3.63, 3.8) is 0 Å². The second kappa shape index (κ2) is 8.10. The molecule has 0 unspecified atom stereocenters. The molecule has 1 aromatic heterocycles. The van der Waals surface area contributed by atoms with Crippen LogP contribution in [-0.2, 0) is 12.7 Å². The lowest BCUT2D eigenvalue weighted by molar-refractivity contribution is -0.137. The van der Waals surface area contributed by atoms with Gasteiger partial charge in [0.1, 0.15) is 5.56 Å². The van der Waals surface area contributed by atoms with E-state index in [9.17, 15) is 31.5 Å². The summed E-state index contributed by atoms with van der Waals surface area (Å²) < 4.78 is 66.2. The average molecular weight is 422 g/mol. The molecule has 0 bridgehead atoms. The second-order valence-corrected chi connectivity index (χ2v) is 6.57. The van der Waals surface area contributed by atoms with E-state index < -0.39 is 34.8 Å². The lowest BCUT2D eigenvalue weighted by Gasteiger charge is -2.24. The van der Waals surface area contributed by atoms with Gasteiger partial charge in [-0.25, -0.2) is 8.78 Å². The van der Waals surface area contributed by atoms with Gasteiger partial charge in [-0.1, -0.05) is 12.1 Å². The fourth-order valence-corrected chi connectivity index (χ4v) is 2.84. The van der Waals surface area contributed by atoms with E-state index in [0.29, 0.717) is 5.69 Å². The minimum atomic E-state index is -4.66. The Hall–Kier alpha value is -3.49. The smallest absolute Gasteiger partial charge is 0.326 e. The van der Waals surface area contributed by atoms with E-state index in [1.807, 2.05) is 0 Å². The van der Waals surface area contributed by atoms with E-state index in [4.69, 9.17) is 0 Å². The molecule has 4 nitrogen and oxygen atoms in total. The molecule has 0 saturated heterocycles. The molecule has 2 aromatic carbocycles. The summed E-state index contributed by atoms with van der Waals surface area (Å²) in [5.74, 6) is -3.16. The van der Waals surface area contributed by atoms with Crippen LogP contribution in [0.4, 0.5) is 27.6 Å². The van der Waals surface area contributed by atoms with Gasteiger partial charge >= 0.3 is 6.18 Å². The van der Waals surface area contributed by atoms with Gasteiger partial charge in [-0.3, -0.25) is 9.59 Å². The summed E-state index contributed by atoms with van der Waals surface area (Å²) in [4.78, 5) is 28.6. The fourth-order valence-electron chi connectivity index (χ4n) is 2.84. The van der Waals surface area contributed by atoms with Crippen LogP contribution in [0.3, 0.4) is 0 Å². The average Bonchev–Trinajstić information content (AvgIpc) is 2.68. The molecule has 3 aromatic rings. The Balaban J connectivity index is 2.09. The number of amides is 1. The Morgan fingerprint density at radius 3 is 2.37 bits per heavy atom. The van der Waals surface area contributed by atoms with E-state index in [0.717, 1.165) is 35.2 Å². The van der Waals surface area contributed by atoms with Crippen molar-refractivity contribution >= 4 is 11.6 Å². The number of aromatic nitrogens is 1. The number of hydrogen-bond donors (Lipinski definition) is 1. The summed E-state index contributed by atoms with van der Waals surface area (Å²) in [6.07, 6.45) is -4.66. The van der Waals surface area contributed by atoms with Crippen molar-refractivity contribution in [1.82, 2.24) is 4.98 Å². The molecular weight excluding hydrogens is 407 g/mol. The summed E-state index contributed by atoms with van der Waals surface area (Å²) in [7, 11) is 0. The van der Waals surface area contributed by atoms with Gasteiger partial charge in [0.25, 0.3) is 11.5 Å². The predicted octanol–water partition coefficient (Wildman–Crippen LogP) is 4.83. The van der Waals surface area contributed by atoms with Crippen LogP contribution in [0.1, 0.15) is 27.2 Å². The number of carbonyl (C=O) groups excluding carboxylic acids is 1. The topological polar surface area (TPSA) is 53.2 Å². The van der Waals surface area contributed by atoms with Gasteiger partial charge in [-0.2, -0.15) is 13.2 Å². The zero-order valence-corrected chi connectivity index (χ0v) is 15.6. The molecule has 0 aliphatic carbocycles. The van der Waals surface area contributed by atoms with Gasteiger partial charge in [-0.05, 0) is 55.0 Å². The Kier molecular flexibility index (Phi) is 5.73. The van der Waals surface area contributed by atoms with Crippen molar-refractivity contribution in [1.29, 1.82) is 0 Å². The van der Waals surface area contributed by atoms with Crippen molar-refractivity contribution in [2.45, 2.75) is 19.6 Å². The monoisotopic (exact) mass is 422 g/mol. The molecule has 1 amide bonds. The maximum absolute atomic E-state index is 13.6. The molecule has 0 spiro atoms. The van der Waals surface area contributed by atoms with Crippen LogP contribution in [-0.4, -0.2) is 10.9 Å². The third-order valence-electron chi connectivity index (χ3n) is 4.34. The molecule has 1 N–H and O–H groups in total. The Morgan fingerprint density at radius 1 is 1.00 bits per heavy atom. The lowest BCUT2D eigenvalue weighted by atomic mass is 10.1. The highest BCUT2D eigenvalue weighted by Crippen LogP contribution is 2.32. The molecule has 0 fully saturated rings. The van der Waals surface area contributed by atoms with Crippen LogP contribution < -0.4 is 10.5 Å². The standard InChI is InChI=1S/C21H15F5N2O2/c1-12-5-7-16(19(29)27-12)20(30)28(11-13-6-8-17(22)18(23)9-13)15-4-2-3-14(10-15)21(24,25)26/h2-10H,11H2,1H3,(H,27,29). The minimum absolute atomic E-state index is 0.128. The van der Waals surface area contributed by atoms with E-state index >= 15 is 0 Å². The zero-order chi connectivity index (χ0) is 22.1. The number of aromatic amines is 1. The number of anilines is 1. The third-order valence-corrected chi connectivity index (χ3v) is 4.34. The highest BCUT2D eigenvalue weighted by molar-refractivity contribution is 6.05. The van der Waals surface area contributed by atoms with Gasteiger partial charge in [0, 0.05) is 11.4 Å². The first-order chi connectivity index (χ1) is 14.1. The van der Waals surface area contributed by atoms with Gasteiger partial charge in [0.15, 0.2) is 11.6 Å². The molecule has 0 aliphatic rings. The number of rotatable bonds is 4. The highest BCUT2D eigenvalue weighted by Gasteiger charge is 2.31. The molecule has 0 atom stereocenters. The van der Waals surface area contributed by atoms with Gasteiger partial charge in [-0.15, -0.1) is 0 Å². The molecule has 9 heteroatoms. The largest absolute Gasteiger partial charge is 0.416 e. The Bertz CT molecular complexity index is 1150. The van der Waals surface area contributed by atoms with Crippen molar-refractivity contribution in [3.05, 3.63) is 99.0 Å². The second-order valence-electron chi connectivity index (χ2n) is 6.57. The van der Waals surface area contributed by atoms with Crippen molar-refractivity contribution in [3.8, 4) is 0 Å². The van der Waals surface area contributed by atoms with E-state index in [2.05, 4.69) is 4.98 Å². The minimum Gasteiger partial charge on any atom is -0.326 e. The van der Waals surface area contributed by atoms with Crippen molar-refractivity contribution < 1.29 is 26.7 Å². The van der Waals surface area contributed by atoms with Gasteiger partial charge in [0.05, 0.1) is 12.1 Å². The lowest BCUT2D eigenvalue weighted by Crippen LogP contribution is -2.34. The predicted molar refractivity (Wildman–Crippen MR) is 100 cm³/mol. The first-order valence-electron chi connectivity index (χ1n) is 8.69. The van der Waals surface area contributed by atoms with Crippen LogP contribution in [0, 0.1) is 18.6 Å². The van der Waals surface area contributed by atoms with E-state index in [1.165, 1.54) is 24.3 Å². The number of H-pyrrole nitrogens is 1. The number of halogens is 5. The van der Waals surface area contributed by atoms with E-state index in [1.54, 1.807) is 6.92 Å². The van der Waals surface area contributed by atoms with Crippen molar-refractivity contribution in [2.24, 2.45) is 0 Å². The maximum atomic E-state index is 13.6. The van der Waals surface area contributed by atoms with Crippen LogP contribution in [0.2, 0.25) is 0 Å². The molecule has 1 heterocycles. The van der Waals surface area contributed by atoms with Crippen LogP contribution >= 0.6 is 0 Å². The Labute approximate surface area is 167 Å². The number of pyridine rings is 1. The molecule has 156 valence electrons. The molecule has 3 rings (SSSR count). The molecule has 0 saturated carbocycles. The number of aryl methyl sites for hydroxylation is 1. The van der Waals surface area contributed by atoms with Gasteiger partial charge in [0.2, 0.25) is 0 Å². The quantitative estimate of drug-likeness (QED) is 0.613.